The van der Waals surface area contributed by atoms with E-state index in [1.165, 1.54) is 0 Å². The van der Waals surface area contributed by atoms with Gasteiger partial charge in [0.05, 0.1) is 18.6 Å². The van der Waals surface area contributed by atoms with Gasteiger partial charge in [-0.15, -0.1) is 0 Å². The first-order valence-electron chi connectivity index (χ1n) is 9.23. The number of fused-ring (bicyclic) bond motifs is 1. The molecular formula is C20H24N2O6S. The number of amides is 1. The van der Waals surface area contributed by atoms with Crippen LogP contribution in [0.25, 0.3) is 0 Å². The summed E-state index contributed by atoms with van der Waals surface area (Å²) in [6, 6.07) is 12.2. The van der Waals surface area contributed by atoms with E-state index < -0.39 is 15.9 Å². The van der Waals surface area contributed by atoms with Crippen molar-refractivity contribution in [1.29, 1.82) is 0 Å². The van der Waals surface area contributed by atoms with Crippen LogP contribution in [0.2, 0.25) is 0 Å². The van der Waals surface area contributed by atoms with Crippen molar-refractivity contribution >= 4 is 21.6 Å². The van der Waals surface area contributed by atoms with E-state index in [0.717, 1.165) is 16.1 Å². The SMILES string of the molecule is CCOc1ccccc1CNC(=O)CN(c1ccc2c(c1)OCCO2)S(C)(=O)=O. The molecule has 1 aliphatic heterocycles. The summed E-state index contributed by atoms with van der Waals surface area (Å²) in [6.45, 7) is 3.09. The summed E-state index contributed by atoms with van der Waals surface area (Å²) in [5.74, 6) is 1.25. The molecule has 156 valence electrons. The maximum absolute atomic E-state index is 12.5. The number of anilines is 1. The molecule has 29 heavy (non-hydrogen) atoms. The molecule has 1 aliphatic rings. The highest BCUT2D eigenvalue weighted by Crippen LogP contribution is 2.34. The lowest BCUT2D eigenvalue weighted by Gasteiger charge is -2.24. The second-order valence-electron chi connectivity index (χ2n) is 6.42. The number of hydrogen-bond donors (Lipinski definition) is 1. The van der Waals surface area contributed by atoms with E-state index in [1.807, 2.05) is 31.2 Å². The third-order valence-corrected chi connectivity index (χ3v) is 5.39. The lowest BCUT2D eigenvalue weighted by atomic mass is 10.2. The summed E-state index contributed by atoms with van der Waals surface area (Å²) in [5, 5.41) is 2.75. The summed E-state index contributed by atoms with van der Waals surface area (Å²) in [5.41, 5.74) is 1.15. The highest BCUT2D eigenvalue weighted by molar-refractivity contribution is 7.92. The number of carbonyl (C=O) groups is 1. The number of hydrogen-bond acceptors (Lipinski definition) is 6. The third kappa shape index (κ3) is 5.32. The molecule has 0 aromatic heterocycles. The van der Waals surface area contributed by atoms with Crippen LogP contribution >= 0.6 is 0 Å². The van der Waals surface area contributed by atoms with Gasteiger partial charge in [-0.25, -0.2) is 8.42 Å². The monoisotopic (exact) mass is 420 g/mol. The molecule has 9 heteroatoms. The molecular weight excluding hydrogens is 396 g/mol. The van der Waals surface area contributed by atoms with Crippen LogP contribution in [0.15, 0.2) is 42.5 Å². The third-order valence-electron chi connectivity index (χ3n) is 4.25. The Kier molecular flexibility index (Phi) is 6.48. The fraction of sp³-hybridized carbons (Fsp3) is 0.350. The van der Waals surface area contributed by atoms with Gasteiger partial charge in [-0.3, -0.25) is 9.10 Å². The van der Waals surface area contributed by atoms with Crippen LogP contribution in [-0.2, 0) is 21.4 Å². The van der Waals surface area contributed by atoms with E-state index in [4.69, 9.17) is 14.2 Å². The normalized spacial score (nSPS) is 12.9. The van der Waals surface area contributed by atoms with Crippen molar-refractivity contribution in [3.8, 4) is 17.2 Å². The number of para-hydroxylation sites is 1. The molecule has 0 spiro atoms. The molecule has 3 rings (SSSR count). The van der Waals surface area contributed by atoms with E-state index in [9.17, 15) is 13.2 Å². The van der Waals surface area contributed by atoms with Gasteiger partial charge in [0, 0.05) is 18.2 Å². The van der Waals surface area contributed by atoms with Crippen LogP contribution in [0.5, 0.6) is 17.2 Å². The molecule has 2 aromatic carbocycles. The summed E-state index contributed by atoms with van der Waals surface area (Å²) in [6.07, 6.45) is 1.06. The number of benzene rings is 2. The van der Waals surface area contributed by atoms with E-state index in [2.05, 4.69) is 5.32 Å². The predicted octanol–water partition coefficient (Wildman–Crippen LogP) is 1.94. The average Bonchev–Trinajstić information content (AvgIpc) is 2.70. The Morgan fingerprint density at radius 1 is 1.14 bits per heavy atom. The van der Waals surface area contributed by atoms with Crippen molar-refractivity contribution < 1.29 is 27.4 Å². The number of nitrogens with zero attached hydrogens (tertiary/aromatic N) is 1. The van der Waals surface area contributed by atoms with Crippen molar-refractivity contribution in [2.45, 2.75) is 13.5 Å². The second kappa shape index (κ2) is 9.04. The summed E-state index contributed by atoms with van der Waals surface area (Å²) in [4.78, 5) is 12.5. The van der Waals surface area contributed by atoms with Crippen LogP contribution in [-0.4, -0.2) is 46.9 Å². The first kappa shape index (κ1) is 20.8. The zero-order valence-electron chi connectivity index (χ0n) is 16.4. The molecule has 0 aliphatic carbocycles. The molecule has 8 nitrogen and oxygen atoms in total. The highest BCUT2D eigenvalue weighted by atomic mass is 32.2. The Bertz CT molecular complexity index is 977. The Morgan fingerprint density at radius 2 is 1.86 bits per heavy atom. The molecule has 2 aromatic rings. The number of ether oxygens (including phenoxy) is 3. The zero-order valence-corrected chi connectivity index (χ0v) is 17.2. The minimum absolute atomic E-state index is 0.230. The van der Waals surface area contributed by atoms with Gasteiger partial charge in [0.15, 0.2) is 11.5 Å². The molecule has 0 radical (unpaired) electrons. The fourth-order valence-corrected chi connectivity index (χ4v) is 3.76. The standard InChI is InChI=1S/C20H24N2O6S/c1-3-26-17-7-5-4-6-15(17)13-21-20(23)14-22(29(2,24)25)16-8-9-18-19(12-16)28-11-10-27-18/h4-9,12H,3,10-11,13-14H2,1-2H3,(H,21,23). The summed E-state index contributed by atoms with van der Waals surface area (Å²) >= 11 is 0. The van der Waals surface area contributed by atoms with Gasteiger partial charge in [-0.05, 0) is 25.1 Å². The Balaban J connectivity index is 1.72. The first-order valence-corrected chi connectivity index (χ1v) is 11.1. The summed E-state index contributed by atoms with van der Waals surface area (Å²) < 4.78 is 42.2. The van der Waals surface area contributed by atoms with Crippen molar-refractivity contribution in [1.82, 2.24) is 5.32 Å². The smallest absolute Gasteiger partial charge is 0.241 e. The topological polar surface area (TPSA) is 94.2 Å². The van der Waals surface area contributed by atoms with E-state index in [0.29, 0.717) is 42.8 Å². The van der Waals surface area contributed by atoms with Gasteiger partial charge in [0.25, 0.3) is 0 Å². The Morgan fingerprint density at radius 3 is 2.59 bits per heavy atom. The lowest BCUT2D eigenvalue weighted by molar-refractivity contribution is -0.119. The molecule has 0 fully saturated rings. The van der Waals surface area contributed by atoms with E-state index >= 15 is 0 Å². The van der Waals surface area contributed by atoms with Crippen molar-refractivity contribution in [3.05, 3.63) is 48.0 Å². The molecule has 1 amide bonds. The van der Waals surface area contributed by atoms with E-state index in [1.54, 1.807) is 18.2 Å². The van der Waals surface area contributed by atoms with Crippen LogP contribution in [0.3, 0.4) is 0 Å². The maximum atomic E-state index is 12.5. The predicted molar refractivity (Wildman–Crippen MR) is 109 cm³/mol. The van der Waals surface area contributed by atoms with Gasteiger partial charge in [-0.1, -0.05) is 18.2 Å². The molecule has 0 bridgehead atoms. The first-order chi connectivity index (χ1) is 13.9. The van der Waals surface area contributed by atoms with Crippen LogP contribution in [0, 0.1) is 0 Å². The highest BCUT2D eigenvalue weighted by Gasteiger charge is 2.23. The van der Waals surface area contributed by atoms with Crippen LogP contribution in [0.1, 0.15) is 12.5 Å². The van der Waals surface area contributed by atoms with Crippen LogP contribution in [0.4, 0.5) is 5.69 Å². The largest absolute Gasteiger partial charge is 0.494 e. The lowest BCUT2D eigenvalue weighted by Crippen LogP contribution is -2.40. The van der Waals surface area contributed by atoms with Gasteiger partial charge in [0.1, 0.15) is 25.5 Å². The minimum Gasteiger partial charge on any atom is -0.494 e. The summed E-state index contributed by atoms with van der Waals surface area (Å²) in [7, 11) is -3.69. The number of carbonyl (C=O) groups excluding carboxylic acids is 1. The molecule has 0 saturated heterocycles. The van der Waals surface area contributed by atoms with E-state index in [-0.39, 0.29) is 13.1 Å². The van der Waals surface area contributed by atoms with Crippen LogP contribution < -0.4 is 23.8 Å². The maximum Gasteiger partial charge on any atom is 0.241 e. The number of sulfonamides is 1. The minimum atomic E-state index is -3.69. The number of nitrogens with one attached hydrogen (secondary N) is 1. The van der Waals surface area contributed by atoms with Crippen molar-refractivity contribution in [2.75, 3.05) is 36.9 Å². The second-order valence-corrected chi connectivity index (χ2v) is 8.32. The molecule has 0 atom stereocenters. The van der Waals surface area contributed by atoms with Gasteiger partial charge in [0.2, 0.25) is 15.9 Å². The Labute approximate surface area is 170 Å². The molecule has 1 heterocycles. The molecule has 0 saturated carbocycles. The number of rotatable bonds is 8. The fourth-order valence-electron chi connectivity index (χ4n) is 2.91. The molecule has 1 N–H and O–H groups in total. The molecule has 0 unspecified atom stereocenters. The quantitative estimate of drug-likeness (QED) is 0.701. The average molecular weight is 420 g/mol. The zero-order chi connectivity index (χ0) is 20.9. The van der Waals surface area contributed by atoms with Gasteiger partial charge >= 0.3 is 0 Å². The van der Waals surface area contributed by atoms with Gasteiger partial charge < -0.3 is 19.5 Å². The van der Waals surface area contributed by atoms with Crippen molar-refractivity contribution in [2.24, 2.45) is 0 Å². The Hall–Kier alpha value is -2.94. The van der Waals surface area contributed by atoms with Gasteiger partial charge in [-0.2, -0.15) is 0 Å². The van der Waals surface area contributed by atoms with Crippen molar-refractivity contribution in [3.63, 3.8) is 0 Å².